The highest BCUT2D eigenvalue weighted by Crippen LogP contribution is 2.27. The first-order chi connectivity index (χ1) is 11.2. The van der Waals surface area contributed by atoms with Gasteiger partial charge < -0.3 is 14.4 Å². The van der Waals surface area contributed by atoms with Crippen LogP contribution < -0.4 is 9.47 Å². The van der Waals surface area contributed by atoms with Crippen molar-refractivity contribution < 1.29 is 14.3 Å². The lowest BCUT2D eigenvalue weighted by molar-refractivity contribution is 0.0585. The third-order valence-corrected chi connectivity index (χ3v) is 5.81. The number of nitrogens with zero attached hydrogens (tertiary/aromatic N) is 2. The van der Waals surface area contributed by atoms with Crippen molar-refractivity contribution in [1.82, 2.24) is 9.80 Å². The second-order valence-corrected chi connectivity index (χ2v) is 7.06. The Morgan fingerprint density at radius 3 is 2.57 bits per heavy atom. The molecule has 1 aromatic carbocycles. The standard InChI is InChI=1S/C17H24N2O3S/c1-21-14-3-4-16(22-2)15(11-14)17(20)19-8-6-18(7-9-19)13-5-10-23-12-13/h3-4,11,13H,5-10,12H2,1-2H3/t13-/m0/s1. The van der Waals surface area contributed by atoms with E-state index in [2.05, 4.69) is 4.90 Å². The minimum atomic E-state index is 0.0289. The summed E-state index contributed by atoms with van der Waals surface area (Å²) in [6.07, 6.45) is 1.28. The predicted molar refractivity (Wildman–Crippen MR) is 92.8 cm³/mol. The second-order valence-electron chi connectivity index (χ2n) is 5.91. The molecular weight excluding hydrogens is 312 g/mol. The molecule has 2 aliphatic heterocycles. The van der Waals surface area contributed by atoms with E-state index in [1.54, 1.807) is 26.4 Å². The maximum Gasteiger partial charge on any atom is 0.257 e. The van der Waals surface area contributed by atoms with Crippen LogP contribution in [0.25, 0.3) is 0 Å². The Hall–Kier alpha value is -1.40. The summed E-state index contributed by atoms with van der Waals surface area (Å²) in [7, 11) is 3.20. The van der Waals surface area contributed by atoms with Gasteiger partial charge in [-0.15, -0.1) is 0 Å². The molecule has 0 saturated carbocycles. The maximum absolute atomic E-state index is 12.8. The Bertz CT molecular complexity index is 553. The van der Waals surface area contributed by atoms with Crippen molar-refractivity contribution >= 4 is 17.7 Å². The van der Waals surface area contributed by atoms with E-state index < -0.39 is 0 Å². The van der Waals surface area contributed by atoms with Crippen LogP contribution in [0.5, 0.6) is 11.5 Å². The van der Waals surface area contributed by atoms with E-state index >= 15 is 0 Å². The third-order valence-electron chi connectivity index (χ3n) is 4.66. The zero-order chi connectivity index (χ0) is 16.2. The van der Waals surface area contributed by atoms with Crippen molar-refractivity contribution in [3.05, 3.63) is 23.8 Å². The monoisotopic (exact) mass is 336 g/mol. The topological polar surface area (TPSA) is 42.0 Å². The fourth-order valence-corrected chi connectivity index (χ4v) is 4.51. The number of benzene rings is 1. The number of thioether (sulfide) groups is 1. The van der Waals surface area contributed by atoms with Gasteiger partial charge in [0, 0.05) is 38.0 Å². The van der Waals surface area contributed by atoms with Gasteiger partial charge in [0.25, 0.3) is 5.91 Å². The van der Waals surface area contributed by atoms with Gasteiger partial charge in [0.2, 0.25) is 0 Å². The zero-order valence-corrected chi connectivity index (χ0v) is 14.6. The number of piperazine rings is 1. The van der Waals surface area contributed by atoms with Crippen molar-refractivity contribution in [2.75, 3.05) is 51.9 Å². The lowest BCUT2D eigenvalue weighted by atomic mass is 10.1. The molecule has 1 amide bonds. The largest absolute Gasteiger partial charge is 0.497 e. The second kappa shape index (κ2) is 7.45. The van der Waals surface area contributed by atoms with Crippen molar-refractivity contribution in [3.8, 4) is 11.5 Å². The van der Waals surface area contributed by atoms with Crippen LogP contribution in [0.15, 0.2) is 18.2 Å². The molecule has 2 aliphatic rings. The molecule has 0 aromatic heterocycles. The van der Waals surface area contributed by atoms with Crippen molar-refractivity contribution in [3.63, 3.8) is 0 Å². The molecule has 0 spiro atoms. The summed E-state index contributed by atoms with van der Waals surface area (Å²) < 4.78 is 10.6. The average molecular weight is 336 g/mol. The van der Waals surface area contributed by atoms with Crippen molar-refractivity contribution in [2.24, 2.45) is 0 Å². The van der Waals surface area contributed by atoms with Crippen molar-refractivity contribution in [2.45, 2.75) is 12.5 Å². The van der Waals surface area contributed by atoms with Crippen LogP contribution >= 0.6 is 11.8 Å². The van der Waals surface area contributed by atoms with Crippen LogP contribution in [0, 0.1) is 0 Å². The molecule has 0 radical (unpaired) electrons. The first-order valence-corrected chi connectivity index (χ1v) is 9.21. The van der Waals surface area contributed by atoms with E-state index in [9.17, 15) is 4.79 Å². The Balaban J connectivity index is 1.67. The molecule has 1 atom stereocenters. The van der Waals surface area contributed by atoms with Gasteiger partial charge >= 0.3 is 0 Å². The van der Waals surface area contributed by atoms with Gasteiger partial charge in [0.1, 0.15) is 11.5 Å². The number of methoxy groups -OCH3 is 2. The lowest BCUT2D eigenvalue weighted by Gasteiger charge is -2.38. The van der Waals surface area contributed by atoms with E-state index in [1.807, 2.05) is 22.7 Å². The molecule has 2 fully saturated rings. The highest BCUT2D eigenvalue weighted by molar-refractivity contribution is 7.99. The summed E-state index contributed by atoms with van der Waals surface area (Å²) in [5.41, 5.74) is 0.580. The summed E-state index contributed by atoms with van der Waals surface area (Å²) in [4.78, 5) is 17.3. The van der Waals surface area contributed by atoms with Gasteiger partial charge in [-0.25, -0.2) is 0 Å². The molecule has 126 valence electrons. The smallest absolute Gasteiger partial charge is 0.257 e. The number of carbonyl (C=O) groups is 1. The number of ether oxygens (including phenoxy) is 2. The SMILES string of the molecule is COc1ccc(OC)c(C(=O)N2CCN([C@H]3CCSC3)CC2)c1. The van der Waals surface area contributed by atoms with Crippen LogP contribution in [0.3, 0.4) is 0 Å². The van der Waals surface area contributed by atoms with Gasteiger partial charge in [0.15, 0.2) is 0 Å². The van der Waals surface area contributed by atoms with E-state index in [-0.39, 0.29) is 5.91 Å². The van der Waals surface area contributed by atoms with Crippen molar-refractivity contribution in [1.29, 1.82) is 0 Å². The Kier molecular flexibility index (Phi) is 5.33. The number of rotatable bonds is 4. The fourth-order valence-electron chi connectivity index (χ4n) is 3.25. The van der Waals surface area contributed by atoms with Gasteiger partial charge in [-0.2, -0.15) is 11.8 Å². The van der Waals surface area contributed by atoms with Gasteiger partial charge in [0.05, 0.1) is 19.8 Å². The molecule has 2 saturated heterocycles. The molecule has 2 heterocycles. The molecule has 0 unspecified atom stereocenters. The first-order valence-electron chi connectivity index (χ1n) is 8.06. The number of carbonyl (C=O) groups excluding carboxylic acids is 1. The van der Waals surface area contributed by atoms with Crippen LogP contribution in [-0.4, -0.2) is 73.7 Å². The Labute approximate surface area is 141 Å². The summed E-state index contributed by atoms with van der Waals surface area (Å²) >= 11 is 2.04. The van der Waals surface area contributed by atoms with E-state index in [1.165, 1.54) is 17.9 Å². The summed E-state index contributed by atoms with van der Waals surface area (Å²) in [5, 5.41) is 0. The molecule has 6 heteroatoms. The molecular formula is C17H24N2O3S. The van der Waals surface area contributed by atoms with E-state index in [4.69, 9.17) is 9.47 Å². The fraction of sp³-hybridized carbons (Fsp3) is 0.588. The lowest BCUT2D eigenvalue weighted by Crippen LogP contribution is -2.52. The number of hydrogen-bond donors (Lipinski definition) is 0. The molecule has 0 aliphatic carbocycles. The Morgan fingerprint density at radius 1 is 1.17 bits per heavy atom. The Morgan fingerprint density at radius 2 is 1.96 bits per heavy atom. The summed E-state index contributed by atoms with van der Waals surface area (Å²) in [5.74, 6) is 3.81. The zero-order valence-electron chi connectivity index (χ0n) is 13.8. The first kappa shape index (κ1) is 16.5. The van der Waals surface area contributed by atoms with Crippen LogP contribution in [0.4, 0.5) is 0 Å². The molecule has 1 aromatic rings. The van der Waals surface area contributed by atoms with E-state index in [0.29, 0.717) is 23.1 Å². The van der Waals surface area contributed by atoms with Gasteiger partial charge in [-0.05, 0) is 30.4 Å². The minimum absolute atomic E-state index is 0.0289. The highest BCUT2D eigenvalue weighted by atomic mass is 32.2. The summed E-state index contributed by atoms with van der Waals surface area (Å²) in [6.45, 7) is 3.48. The molecule has 0 N–H and O–H groups in total. The molecule has 3 rings (SSSR count). The van der Waals surface area contributed by atoms with Gasteiger partial charge in [-0.3, -0.25) is 9.69 Å². The number of amides is 1. The minimum Gasteiger partial charge on any atom is -0.497 e. The molecule has 0 bridgehead atoms. The predicted octanol–water partition coefficient (Wildman–Crippen LogP) is 1.97. The summed E-state index contributed by atoms with van der Waals surface area (Å²) in [6, 6.07) is 6.06. The third kappa shape index (κ3) is 3.58. The van der Waals surface area contributed by atoms with E-state index in [0.717, 1.165) is 26.2 Å². The van der Waals surface area contributed by atoms with Crippen LogP contribution in [0.1, 0.15) is 16.8 Å². The maximum atomic E-state index is 12.8. The van der Waals surface area contributed by atoms with Crippen LogP contribution in [0.2, 0.25) is 0 Å². The highest BCUT2D eigenvalue weighted by Gasteiger charge is 2.29. The quantitative estimate of drug-likeness (QED) is 0.841. The normalized spacial score (nSPS) is 22.2. The molecule has 23 heavy (non-hydrogen) atoms. The average Bonchev–Trinajstić information content (AvgIpc) is 3.15. The van der Waals surface area contributed by atoms with Gasteiger partial charge in [-0.1, -0.05) is 0 Å². The number of hydrogen-bond acceptors (Lipinski definition) is 5. The molecule has 5 nitrogen and oxygen atoms in total. The van der Waals surface area contributed by atoms with Crippen LogP contribution in [-0.2, 0) is 0 Å².